The van der Waals surface area contributed by atoms with E-state index in [1.807, 2.05) is 26.8 Å². The molecule has 1 heterocycles. The highest BCUT2D eigenvalue weighted by molar-refractivity contribution is 5.48. The van der Waals surface area contributed by atoms with Gasteiger partial charge in [0, 0.05) is 24.6 Å². The van der Waals surface area contributed by atoms with Crippen LogP contribution in [0.1, 0.15) is 60.2 Å². The highest BCUT2D eigenvalue weighted by Gasteiger charge is 2.23. The molecule has 0 saturated carbocycles. The minimum atomic E-state index is -0.689. The number of anilines is 2. The molecule has 0 atom stereocenters. The van der Waals surface area contributed by atoms with Crippen molar-refractivity contribution < 1.29 is 5.11 Å². The van der Waals surface area contributed by atoms with Gasteiger partial charge in [0.2, 0.25) is 0 Å². The molecule has 0 saturated heterocycles. The zero-order valence-corrected chi connectivity index (χ0v) is 14.2. The number of rotatable bonds is 7. The molecular formula is C16H30N4O. The van der Waals surface area contributed by atoms with Crippen molar-refractivity contribution in [1.82, 2.24) is 9.97 Å². The Morgan fingerprint density at radius 3 is 1.95 bits per heavy atom. The second-order valence-electron chi connectivity index (χ2n) is 6.53. The van der Waals surface area contributed by atoms with Gasteiger partial charge in [-0.3, -0.25) is 0 Å². The van der Waals surface area contributed by atoms with E-state index in [1.54, 1.807) is 0 Å². The molecule has 0 aliphatic heterocycles. The molecule has 0 bridgehead atoms. The third-order valence-corrected chi connectivity index (χ3v) is 3.67. The van der Waals surface area contributed by atoms with Gasteiger partial charge < -0.3 is 15.7 Å². The van der Waals surface area contributed by atoms with Crippen LogP contribution in [0.5, 0.6) is 0 Å². The van der Waals surface area contributed by atoms with Crippen molar-refractivity contribution in [1.29, 1.82) is 0 Å². The van der Waals surface area contributed by atoms with Crippen LogP contribution in [0.2, 0.25) is 0 Å². The molecule has 0 radical (unpaired) electrons. The Hall–Kier alpha value is -1.36. The van der Waals surface area contributed by atoms with Crippen LogP contribution in [0.25, 0.3) is 0 Å². The fraction of sp³-hybridized carbons (Fsp3) is 0.750. The van der Waals surface area contributed by atoms with Crippen molar-refractivity contribution >= 4 is 11.6 Å². The minimum Gasteiger partial charge on any atom is -0.388 e. The van der Waals surface area contributed by atoms with Crippen LogP contribution in [-0.2, 0) is 5.41 Å². The lowest BCUT2D eigenvalue weighted by Gasteiger charge is -2.26. The van der Waals surface area contributed by atoms with Crippen molar-refractivity contribution in [2.75, 3.05) is 23.7 Å². The molecule has 1 aromatic heterocycles. The van der Waals surface area contributed by atoms with Gasteiger partial charge in [-0.25, -0.2) is 9.97 Å². The van der Waals surface area contributed by atoms with Gasteiger partial charge in [0.05, 0.1) is 5.60 Å². The topological polar surface area (TPSA) is 70.1 Å². The van der Waals surface area contributed by atoms with Crippen LogP contribution < -0.4 is 10.6 Å². The Balaban J connectivity index is 2.98. The van der Waals surface area contributed by atoms with Gasteiger partial charge in [-0.15, -0.1) is 0 Å². The van der Waals surface area contributed by atoms with E-state index in [4.69, 9.17) is 0 Å². The first-order valence-corrected chi connectivity index (χ1v) is 7.83. The summed E-state index contributed by atoms with van der Waals surface area (Å²) >= 11 is 0. The van der Waals surface area contributed by atoms with E-state index >= 15 is 0 Å². The van der Waals surface area contributed by atoms with Crippen LogP contribution >= 0.6 is 0 Å². The summed E-state index contributed by atoms with van der Waals surface area (Å²) in [6, 6.07) is 1.89. The quantitative estimate of drug-likeness (QED) is 0.720. The molecule has 21 heavy (non-hydrogen) atoms. The van der Waals surface area contributed by atoms with Crippen LogP contribution in [-0.4, -0.2) is 33.8 Å². The summed E-state index contributed by atoms with van der Waals surface area (Å²) < 4.78 is 0. The second-order valence-corrected chi connectivity index (χ2v) is 6.53. The fourth-order valence-electron chi connectivity index (χ4n) is 1.90. The van der Waals surface area contributed by atoms with E-state index in [0.29, 0.717) is 19.4 Å². The Labute approximate surface area is 128 Å². The molecule has 3 N–H and O–H groups in total. The molecule has 5 heteroatoms. The van der Waals surface area contributed by atoms with Gasteiger partial charge in [-0.05, 0) is 19.8 Å². The molecule has 0 spiro atoms. The van der Waals surface area contributed by atoms with E-state index in [0.717, 1.165) is 24.0 Å². The number of hydrogen-bond acceptors (Lipinski definition) is 5. The Morgan fingerprint density at radius 1 is 1.00 bits per heavy atom. The smallest absolute Gasteiger partial charge is 0.138 e. The normalized spacial score (nSPS) is 12.3. The molecule has 0 aliphatic rings. The van der Waals surface area contributed by atoms with E-state index in [2.05, 4.69) is 41.4 Å². The Bertz CT molecular complexity index is 450. The highest BCUT2D eigenvalue weighted by atomic mass is 16.3. The summed E-state index contributed by atoms with van der Waals surface area (Å²) in [5.74, 6) is 2.36. The van der Waals surface area contributed by atoms with Gasteiger partial charge >= 0.3 is 0 Å². The summed E-state index contributed by atoms with van der Waals surface area (Å²) in [6.07, 6.45) is 1.43. The zero-order valence-electron chi connectivity index (χ0n) is 14.2. The van der Waals surface area contributed by atoms with E-state index in [1.165, 1.54) is 0 Å². The Kier molecular flexibility index (Phi) is 5.96. The Morgan fingerprint density at radius 2 is 1.52 bits per heavy atom. The standard InChI is InChI=1S/C16H30N4O/c1-7-16(21,8-2)11-18-13-10-12(17-9-3)19-14(20-13)15(4,5)6/h10,21H,7-9,11H2,1-6H3,(H2,17,18,19,20). The number of hydrogen-bond donors (Lipinski definition) is 3. The first-order chi connectivity index (χ1) is 9.74. The number of aliphatic hydroxyl groups is 1. The molecular weight excluding hydrogens is 264 g/mol. The largest absolute Gasteiger partial charge is 0.388 e. The van der Waals surface area contributed by atoms with E-state index < -0.39 is 5.60 Å². The molecule has 0 aromatic carbocycles. The molecule has 1 aromatic rings. The monoisotopic (exact) mass is 294 g/mol. The molecule has 0 amide bonds. The lowest BCUT2D eigenvalue weighted by Crippen LogP contribution is -2.35. The molecule has 1 rings (SSSR count). The predicted molar refractivity (Wildman–Crippen MR) is 88.9 cm³/mol. The number of nitrogens with one attached hydrogen (secondary N) is 2. The van der Waals surface area contributed by atoms with Crippen molar-refractivity contribution in [2.45, 2.75) is 65.4 Å². The SMILES string of the molecule is CCNc1cc(NCC(O)(CC)CC)nc(C(C)(C)C)n1. The highest BCUT2D eigenvalue weighted by Crippen LogP contribution is 2.23. The van der Waals surface area contributed by atoms with Gasteiger partial charge in [-0.2, -0.15) is 0 Å². The van der Waals surface area contributed by atoms with Crippen molar-refractivity contribution in [2.24, 2.45) is 0 Å². The van der Waals surface area contributed by atoms with Gasteiger partial charge in [-0.1, -0.05) is 34.6 Å². The van der Waals surface area contributed by atoms with Crippen LogP contribution in [0.4, 0.5) is 11.6 Å². The minimum absolute atomic E-state index is 0.117. The maximum atomic E-state index is 10.4. The maximum Gasteiger partial charge on any atom is 0.138 e. The summed E-state index contributed by atoms with van der Waals surface area (Å²) in [5, 5.41) is 16.9. The van der Waals surface area contributed by atoms with Crippen molar-refractivity contribution in [3.63, 3.8) is 0 Å². The second kappa shape index (κ2) is 7.07. The average Bonchev–Trinajstić information content (AvgIpc) is 2.44. The molecule has 5 nitrogen and oxygen atoms in total. The van der Waals surface area contributed by atoms with Gasteiger partial charge in [0.15, 0.2) is 0 Å². The van der Waals surface area contributed by atoms with Crippen LogP contribution in [0.15, 0.2) is 6.07 Å². The number of nitrogens with zero attached hydrogens (tertiary/aromatic N) is 2. The summed E-state index contributed by atoms with van der Waals surface area (Å²) in [6.45, 7) is 13.6. The van der Waals surface area contributed by atoms with E-state index in [-0.39, 0.29) is 5.41 Å². The lowest BCUT2D eigenvalue weighted by molar-refractivity contribution is 0.0456. The lowest BCUT2D eigenvalue weighted by atomic mass is 9.95. The molecule has 0 unspecified atom stereocenters. The predicted octanol–water partition coefficient (Wildman–Crippen LogP) is 3.17. The van der Waals surface area contributed by atoms with Crippen LogP contribution in [0, 0.1) is 0 Å². The first kappa shape index (κ1) is 17.7. The third kappa shape index (κ3) is 5.16. The molecule has 0 fully saturated rings. The summed E-state index contributed by atoms with van der Waals surface area (Å²) in [7, 11) is 0. The summed E-state index contributed by atoms with van der Waals surface area (Å²) in [5.41, 5.74) is -0.807. The van der Waals surface area contributed by atoms with Crippen LogP contribution in [0.3, 0.4) is 0 Å². The zero-order chi connectivity index (χ0) is 16.1. The van der Waals surface area contributed by atoms with Gasteiger partial charge in [0.1, 0.15) is 17.5 Å². The molecule has 120 valence electrons. The van der Waals surface area contributed by atoms with Gasteiger partial charge in [0.25, 0.3) is 0 Å². The first-order valence-electron chi connectivity index (χ1n) is 7.83. The third-order valence-electron chi connectivity index (χ3n) is 3.67. The molecule has 0 aliphatic carbocycles. The van der Waals surface area contributed by atoms with Crippen molar-refractivity contribution in [3.05, 3.63) is 11.9 Å². The summed E-state index contributed by atoms with van der Waals surface area (Å²) in [4.78, 5) is 9.14. The number of aromatic nitrogens is 2. The maximum absolute atomic E-state index is 10.4. The van der Waals surface area contributed by atoms with E-state index in [9.17, 15) is 5.11 Å². The van der Waals surface area contributed by atoms with Crippen molar-refractivity contribution in [3.8, 4) is 0 Å². The fourth-order valence-corrected chi connectivity index (χ4v) is 1.90. The average molecular weight is 294 g/mol.